The molecule has 3 aromatic rings. The van der Waals surface area contributed by atoms with Crippen LogP contribution in [0.1, 0.15) is 34.7 Å². The van der Waals surface area contributed by atoms with Crippen LogP contribution in [0.15, 0.2) is 17.4 Å². The van der Waals surface area contributed by atoms with Gasteiger partial charge >= 0.3 is 0 Å². The number of carbonyl (C=O) groups excluding carboxylic acids is 1. The summed E-state index contributed by atoms with van der Waals surface area (Å²) in [6.45, 7) is 5.53. The topological polar surface area (TPSA) is 72.7 Å². The van der Waals surface area contributed by atoms with E-state index >= 15 is 0 Å². The molecule has 8 heteroatoms. The predicted molar refractivity (Wildman–Crippen MR) is 109 cm³/mol. The molecule has 0 unspecified atom stereocenters. The molecule has 27 heavy (non-hydrogen) atoms. The fraction of sp³-hybridized carbons (Fsp3) is 0.474. The third-order valence-electron chi connectivity index (χ3n) is 4.78. The van der Waals surface area contributed by atoms with Crippen molar-refractivity contribution < 1.29 is 4.79 Å². The second kappa shape index (κ2) is 7.98. The summed E-state index contributed by atoms with van der Waals surface area (Å²) < 4.78 is 1.99. The van der Waals surface area contributed by atoms with Gasteiger partial charge in [-0.1, -0.05) is 11.8 Å². The average Bonchev–Trinajstić information content (AvgIpc) is 3.31. The molecule has 0 bridgehead atoms. The molecule has 3 heterocycles. The third kappa shape index (κ3) is 4.01. The van der Waals surface area contributed by atoms with E-state index in [1.54, 1.807) is 17.7 Å². The Morgan fingerprint density at radius 1 is 1.33 bits per heavy atom. The number of thiophene rings is 1. The highest BCUT2D eigenvalue weighted by molar-refractivity contribution is 8.00. The first-order chi connectivity index (χ1) is 13.1. The Kier molecular flexibility index (Phi) is 5.45. The smallest absolute Gasteiger partial charge is 0.230 e. The van der Waals surface area contributed by atoms with Gasteiger partial charge in [-0.25, -0.2) is 9.97 Å². The van der Waals surface area contributed by atoms with Gasteiger partial charge in [-0.15, -0.1) is 11.3 Å². The van der Waals surface area contributed by atoms with Crippen LogP contribution in [0.3, 0.4) is 0 Å². The van der Waals surface area contributed by atoms with Crippen LogP contribution in [0.4, 0.5) is 0 Å². The van der Waals surface area contributed by atoms with Crippen LogP contribution in [0.25, 0.3) is 10.2 Å². The molecule has 6 nitrogen and oxygen atoms in total. The van der Waals surface area contributed by atoms with Crippen LogP contribution in [-0.4, -0.2) is 38.0 Å². The van der Waals surface area contributed by atoms with E-state index < -0.39 is 0 Å². The monoisotopic (exact) mass is 401 g/mol. The van der Waals surface area contributed by atoms with Gasteiger partial charge in [-0.3, -0.25) is 9.48 Å². The number of fused-ring (bicyclic) bond motifs is 3. The average molecular weight is 402 g/mol. The SMILES string of the molecule is Cc1cc(C)n(CCCNC(=O)CSc2ncnc3sc4c(c23)CCC4)n1. The fourth-order valence-corrected chi connectivity index (χ4v) is 5.70. The lowest BCUT2D eigenvalue weighted by Gasteiger charge is -2.07. The maximum absolute atomic E-state index is 12.2. The van der Waals surface area contributed by atoms with E-state index in [-0.39, 0.29) is 5.91 Å². The minimum absolute atomic E-state index is 0.0482. The first-order valence-electron chi connectivity index (χ1n) is 9.27. The van der Waals surface area contributed by atoms with Gasteiger partial charge in [-0.05, 0) is 51.2 Å². The minimum atomic E-state index is 0.0482. The van der Waals surface area contributed by atoms with Crippen LogP contribution in [0.5, 0.6) is 0 Å². The highest BCUT2D eigenvalue weighted by atomic mass is 32.2. The lowest BCUT2D eigenvalue weighted by molar-refractivity contribution is -0.118. The zero-order valence-electron chi connectivity index (χ0n) is 15.6. The summed E-state index contributed by atoms with van der Waals surface area (Å²) >= 11 is 3.29. The zero-order chi connectivity index (χ0) is 18.8. The maximum Gasteiger partial charge on any atom is 0.230 e. The quantitative estimate of drug-likeness (QED) is 0.374. The number of thioether (sulfide) groups is 1. The fourth-order valence-electron chi connectivity index (χ4n) is 3.55. The highest BCUT2D eigenvalue weighted by Gasteiger charge is 2.21. The van der Waals surface area contributed by atoms with Gasteiger partial charge < -0.3 is 5.32 Å². The van der Waals surface area contributed by atoms with Gasteiger partial charge in [0.05, 0.1) is 11.4 Å². The number of nitrogens with zero attached hydrogens (tertiary/aromatic N) is 4. The van der Waals surface area contributed by atoms with Crippen LogP contribution in [0.2, 0.25) is 0 Å². The van der Waals surface area contributed by atoms with E-state index in [1.165, 1.54) is 34.0 Å². The first kappa shape index (κ1) is 18.4. The van der Waals surface area contributed by atoms with Gasteiger partial charge in [0, 0.05) is 29.0 Å². The summed E-state index contributed by atoms with van der Waals surface area (Å²) in [5.74, 6) is 0.434. The van der Waals surface area contributed by atoms with Crippen molar-refractivity contribution in [3.63, 3.8) is 0 Å². The Labute approximate surface area is 166 Å². The molecule has 4 rings (SSSR count). The largest absolute Gasteiger partial charge is 0.355 e. The Balaban J connectivity index is 1.28. The molecule has 0 saturated heterocycles. The Bertz CT molecular complexity index is 978. The number of amides is 1. The summed E-state index contributed by atoms with van der Waals surface area (Å²) in [7, 11) is 0. The van der Waals surface area contributed by atoms with E-state index in [0.29, 0.717) is 12.3 Å². The molecule has 0 radical (unpaired) electrons. The lowest BCUT2D eigenvalue weighted by Crippen LogP contribution is -2.27. The minimum Gasteiger partial charge on any atom is -0.355 e. The molecular formula is C19H23N5OS2. The second-order valence-electron chi connectivity index (χ2n) is 6.86. The van der Waals surface area contributed by atoms with Crippen molar-refractivity contribution in [3.8, 4) is 0 Å². The lowest BCUT2D eigenvalue weighted by atomic mass is 10.2. The van der Waals surface area contributed by atoms with E-state index in [0.717, 1.165) is 47.1 Å². The normalized spacial score (nSPS) is 13.3. The highest BCUT2D eigenvalue weighted by Crippen LogP contribution is 2.39. The first-order valence-corrected chi connectivity index (χ1v) is 11.1. The molecule has 0 saturated carbocycles. The van der Waals surface area contributed by atoms with Crippen LogP contribution >= 0.6 is 23.1 Å². The van der Waals surface area contributed by atoms with Crippen molar-refractivity contribution in [3.05, 3.63) is 34.2 Å². The summed E-state index contributed by atoms with van der Waals surface area (Å²) in [4.78, 5) is 23.6. The Morgan fingerprint density at radius 2 is 2.22 bits per heavy atom. The number of aryl methyl sites for hydroxylation is 5. The Hall–Kier alpha value is -1.93. The molecule has 1 aliphatic rings. The van der Waals surface area contributed by atoms with Gasteiger partial charge in [0.15, 0.2) is 0 Å². The van der Waals surface area contributed by atoms with E-state index in [1.807, 2.05) is 11.6 Å². The van der Waals surface area contributed by atoms with Crippen molar-refractivity contribution in [2.45, 2.75) is 51.1 Å². The van der Waals surface area contributed by atoms with Crippen molar-refractivity contribution in [1.82, 2.24) is 25.1 Å². The molecule has 1 aliphatic carbocycles. The molecule has 1 amide bonds. The number of hydrogen-bond donors (Lipinski definition) is 1. The summed E-state index contributed by atoms with van der Waals surface area (Å²) in [5.41, 5.74) is 3.60. The van der Waals surface area contributed by atoms with Crippen LogP contribution < -0.4 is 5.32 Å². The molecule has 1 N–H and O–H groups in total. The van der Waals surface area contributed by atoms with Gasteiger partial charge in [0.2, 0.25) is 5.91 Å². The summed E-state index contributed by atoms with van der Waals surface area (Å²) in [5, 5.41) is 9.56. The van der Waals surface area contributed by atoms with Crippen molar-refractivity contribution in [2.75, 3.05) is 12.3 Å². The molecule has 0 aliphatic heterocycles. The molecule has 0 fully saturated rings. The van der Waals surface area contributed by atoms with Crippen molar-refractivity contribution in [2.24, 2.45) is 0 Å². The van der Waals surface area contributed by atoms with Gasteiger partial charge in [-0.2, -0.15) is 5.10 Å². The van der Waals surface area contributed by atoms with Gasteiger partial charge in [0.1, 0.15) is 16.2 Å². The number of nitrogens with one attached hydrogen (secondary N) is 1. The van der Waals surface area contributed by atoms with Crippen molar-refractivity contribution in [1.29, 1.82) is 0 Å². The number of carbonyl (C=O) groups is 1. The molecule has 142 valence electrons. The van der Waals surface area contributed by atoms with E-state index in [9.17, 15) is 4.79 Å². The van der Waals surface area contributed by atoms with Crippen LogP contribution in [0, 0.1) is 13.8 Å². The van der Waals surface area contributed by atoms with Crippen LogP contribution in [-0.2, 0) is 24.2 Å². The number of hydrogen-bond acceptors (Lipinski definition) is 6. The Morgan fingerprint density at radius 3 is 3.04 bits per heavy atom. The molecule has 0 atom stereocenters. The second-order valence-corrected chi connectivity index (χ2v) is 8.91. The predicted octanol–water partition coefficient (Wildman–Crippen LogP) is 3.29. The summed E-state index contributed by atoms with van der Waals surface area (Å²) in [6, 6.07) is 2.07. The van der Waals surface area contributed by atoms with Gasteiger partial charge in [0.25, 0.3) is 0 Å². The summed E-state index contributed by atoms with van der Waals surface area (Å²) in [6.07, 6.45) is 5.95. The maximum atomic E-state index is 12.2. The van der Waals surface area contributed by atoms with Crippen molar-refractivity contribution >= 4 is 39.2 Å². The molecular weight excluding hydrogens is 378 g/mol. The molecule has 3 aromatic heterocycles. The third-order valence-corrected chi connectivity index (χ3v) is 6.97. The van der Waals surface area contributed by atoms with E-state index in [2.05, 4.69) is 33.4 Å². The molecule has 0 aromatic carbocycles. The van der Waals surface area contributed by atoms with E-state index in [4.69, 9.17) is 0 Å². The number of rotatable bonds is 7. The standard InChI is InChI=1S/C19H23N5OS2/c1-12-9-13(2)24(23-12)8-4-7-20-16(25)10-26-18-17-14-5-3-6-15(14)27-19(17)22-11-21-18/h9,11H,3-8,10H2,1-2H3,(H,20,25). The molecule has 0 spiro atoms. The zero-order valence-corrected chi connectivity index (χ0v) is 17.3. The number of aromatic nitrogens is 4.